The maximum absolute atomic E-state index is 11.8. The molecule has 1 fully saturated rings. The Hall–Kier alpha value is -0.460. The van der Waals surface area contributed by atoms with Gasteiger partial charge in [0.05, 0.1) is 6.07 Å². The van der Waals surface area contributed by atoms with Crippen LogP contribution in [0.4, 0.5) is 0 Å². The maximum Gasteiger partial charge on any atom is 0.257 e. The Morgan fingerprint density at radius 3 is 2.44 bits per heavy atom. The molecule has 1 aliphatic rings. The predicted octanol–water partition coefficient (Wildman–Crippen LogP) is 2.91. The highest BCUT2D eigenvalue weighted by Gasteiger charge is 2.40. The minimum absolute atomic E-state index is 0.323. The molecule has 90 valence electrons. The second-order valence-corrected chi connectivity index (χ2v) is 5.75. The summed E-state index contributed by atoms with van der Waals surface area (Å²) in [5.41, 5.74) is -0.764. The van der Waals surface area contributed by atoms with Gasteiger partial charge in [-0.2, -0.15) is 5.26 Å². The highest BCUT2D eigenvalue weighted by molar-refractivity contribution is 6.58. The van der Waals surface area contributed by atoms with E-state index >= 15 is 0 Å². The van der Waals surface area contributed by atoms with Gasteiger partial charge in [-0.3, -0.25) is 4.79 Å². The van der Waals surface area contributed by atoms with Crippen molar-refractivity contribution in [1.29, 1.82) is 5.26 Å². The summed E-state index contributed by atoms with van der Waals surface area (Å²) in [7, 11) is 0. The second-order valence-electron chi connectivity index (χ2n) is 4.27. The number of carbonyl (C=O) groups excluding carboxylic acids is 1. The minimum Gasteiger partial charge on any atom is -0.335 e. The zero-order valence-electron chi connectivity index (χ0n) is 9.35. The number of nitriles is 1. The molecule has 1 amide bonds. The van der Waals surface area contributed by atoms with Crippen LogP contribution in [0.5, 0.6) is 0 Å². The zero-order valence-corrected chi connectivity index (χ0v) is 10.9. The van der Waals surface area contributed by atoms with Crippen molar-refractivity contribution < 1.29 is 4.79 Å². The fourth-order valence-corrected chi connectivity index (χ4v) is 1.98. The van der Waals surface area contributed by atoms with Crippen LogP contribution in [0.2, 0.25) is 0 Å². The summed E-state index contributed by atoms with van der Waals surface area (Å²) in [4.78, 5) is 11.8. The molecule has 0 spiro atoms. The third-order valence-electron chi connectivity index (χ3n) is 3.05. The van der Waals surface area contributed by atoms with Gasteiger partial charge < -0.3 is 5.32 Å². The van der Waals surface area contributed by atoms with Gasteiger partial charge >= 0.3 is 0 Å². The SMILES string of the molecule is CCC(Cl)(Cl)C(=O)NC1(C#N)CCCCC1. The number of halogens is 2. The van der Waals surface area contributed by atoms with Gasteiger partial charge in [0.1, 0.15) is 5.54 Å². The fourth-order valence-electron chi connectivity index (χ4n) is 1.89. The number of alkyl halides is 2. The first-order valence-electron chi connectivity index (χ1n) is 5.57. The monoisotopic (exact) mass is 262 g/mol. The van der Waals surface area contributed by atoms with Crippen molar-refractivity contribution in [3.63, 3.8) is 0 Å². The molecule has 0 heterocycles. The summed E-state index contributed by atoms with van der Waals surface area (Å²) in [5, 5.41) is 11.9. The van der Waals surface area contributed by atoms with Crippen molar-refractivity contribution in [1.82, 2.24) is 5.32 Å². The summed E-state index contributed by atoms with van der Waals surface area (Å²) in [5.74, 6) is -0.457. The van der Waals surface area contributed by atoms with Crippen LogP contribution in [0, 0.1) is 11.3 Å². The first kappa shape index (κ1) is 13.6. The smallest absolute Gasteiger partial charge is 0.257 e. The molecule has 5 heteroatoms. The van der Waals surface area contributed by atoms with E-state index in [4.69, 9.17) is 23.2 Å². The normalized spacial score (nSPS) is 19.9. The molecule has 1 rings (SSSR count). The zero-order chi connectivity index (χ0) is 12.2. The molecule has 0 aromatic heterocycles. The van der Waals surface area contributed by atoms with E-state index in [0.717, 1.165) is 19.3 Å². The van der Waals surface area contributed by atoms with E-state index in [-0.39, 0.29) is 0 Å². The molecule has 0 aromatic rings. The molecular weight excluding hydrogens is 247 g/mol. The molecule has 0 saturated heterocycles. The molecule has 0 radical (unpaired) electrons. The van der Waals surface area contributed by atoms with Crippen molar-refractivity contribution in [3.05, 3.63) is 0 Å². The molecule has 16 heavy (non-hydrogen) atoms. The first-order chi connectivity index (χ1) is 7.46. The van der Waals surface area contributed by atoms with Gasteiger partial charge in [0.25, 0.3) is 5.91 Å². The average molecular weight is 263 g/mol. The maximum atomic E-state index is 11.8. The summed E-state index contributed by atoms with van der Waals surface area (Å²) in [6.45, 7) is 1.74. The molecule has 0 unspecified atom stereocenters. The quantitative estimate of drug-likeness (QED) is 0.796. The van der Waals surface area contributed by atoms with Crippen molar-refractivity contribution in [3.8, 4) is 6.07 Å². The van der Waals surface area contributed by atoms with Gasteiger partial charge in [-0.05, 0) is 19.3 Å². The van der Waals surface area contributed by atoms with Gasteiger partial charge in [-0.15, -0.1) is 0 Å². The third kappa shape index (κ3) is 3.02. The van der Waals surface area contributed by atoms with Crippen LogP contribution in [0.15, 0.2) is 0 Å². The third-order valence-corrected chi connectivity index (χ3v) is 3.93. The molecule has 0 bridgehead atoms. The molecule has 0 atom stereocenters. The van der Waals surface area contributed by atoms with Crippen LogP contribution in [0.3, 0.4) is 0 Å². The van der Waals surface area contributed by atoms with Crippen molar-refractivity contribution in [2.75, 3.05) is 0 Å². The largest absolute Gasteiger partial charge is 0.335 e. The van der Waals surface area contributed by atoms with Crippen LogP contribution < -0.4 is 5.32 Å². The minimum atomic E-state index is -1.43. The van der Waals surface area contributed by atoms with E-state index in [1.54, 1.807) is 6.92 Å². The Morgan fingerprint density at radius 1 is 1.44 bits per heavy atom. The van der Waals surface area contributed by atoms with E-state index < -0.39 is 15.8 Å². The highest BCUT2D eigenvalue weighted by Crippen LogP contribution is 2.31. The lowest BCUT2D eigenvalue weighted by Gasteiger charge is -2.33. The Kier molecular flexibility index (Phi) is 4.46. The lowest BCUT2D eigenvalue weighted by molar-refractivity contribution is -0.123. The topological polar surface area (TPSA) is 52.9 Å². The average Bonchev–Trinajstić information content (AvgIpc) is 2.30. The van der Waals surface area contributed by atoms with Gasteiger partial charge in [0.2, 0.25) is 0 Å². The van der Waals surface area contributed by atoms with E-state index in [9.17, 15) is 10.1 Å². The summed E-state index contributed by atoms with van der Waals surface area (Å²) >= 11 is 11.7. The van der Waals surface area contributed by atoms with Crippen molar-refractivity contribution in [2.24, 2.45) is 0 Å². The lowest BCUT2D eigenvalue weighted by Crippen LogP contribution is -2.53. The molecule has 3 nitrogen and oxygen atoms in total. The number of amides is 1. The van der Waals surface area contributed by atoms with E-state index in [2.05, 4.69) is 11.4 Å². The van der Waals surface area contributed by atoms with E-state index in [1.807, 2.05) is 0 Å². The predicted molar refractivity (Wildman–Crippen MR) is 64.3 cm³/mol. The van der Waals surface area contributed by atoms with E-state index in [0.29, 0.717) is 19.3 Å². The Labute approximate surface area is 106 Å². The van der Waals surface area contributed by atoms with Crippen molar-refractivity contribution in [2.45, 2.75) is 55.3 Å². The lowest BCUT2D eigenvalue weighted by atomic mass is 9.82. The second kappa shape index (κ2) is 5.25. The molecule has 1 aliphatic carbocycles. The fraction of sp³-hybridized carbons (Fsp3) is 0.818. The summed E-state index contributed by atoms with van der Waals surface area (Å²) < 4.78 is -1.43. The van der Waals surface area contributed by atoms with Gasteiger partial charge in [-0.25, -0.2) is 0 Å². The van der Waals surface area contributed by atoms with Crippen LogP contribution in [0.1, 0.15) is 45.4 Å². The number of nitrogens with zero attached hydrogens (tertiary/aromatic N) is 1. The molecular formula is C11H16Cl2N2O. The van der Waals surface area contributed by atoms with Crippen molar-refractivity contribution >= 4 is 29.1 Å². The van der Waals surface area contributed by atoms with Crippen LogP contribution >= 0.6 is 23.2 Å². The van der Waals surface area contributed by atoms with Gasteiger partial charge in [-0.1, -0.05) is 49.4 Å². The highest BCUT2D eigenvalue weighted by atomic mass is 35.5. The van der Waals surface area contributed by atoms with E-state index in [1.165, 1.54) is 0 Å². The van der Waals surface area contributed by atoms with Crippen LogP contribution in [0.25, 0.3) is 0 Å². The number of carbonyl (C=O) groups is 1. The standard InChI is InChI=1S/C11H16Cl2N2O/c1-2-11(12,13)9(16)15-10(8-14)6-4-3-5-7-10/h2-7H2,1H3,(H,15,16). The van der Waals surface area contributed by atoms with Gasteiger partial charge in [0.15, 0.2) is 4.33 Å². The molecule has 0 aromatic carbocycles. The van der Waals surface area contributed by atoms with Crippen LogP contribution in [-0.2, 0) is 4.79 Å². The number of hydrogen-bond donors (Lipinski definition) is 1. The Balaban J connectivity index is 2.71. The molecule has 1 saturated carbocycles. The number of hydrogen-bond acceptors (Lipinski definition) is 2. The Bertz CT molecular complexity index is 304. The number of nitrogens with one attached hydrogen (secondary N) is 1. The Morgan fingerprint density at radius 2 is 2.00 bits per heavy atom. The molecule has 0 aliphatic heterocycles. The first-order valence-corrected chi connectivity index (χ1v) is 6.33. The summed E-state index contributed by atoms with van der Waals surface area (Å²) in [6, 6.07) is 2.20. The molecule has 1 N–H and O–H groups in total. The van der Waals surface area contributed by atoms with Gasteiger partial charge in [0, 0.05) is 0 Å². The summed E-state index contributed by atoms with van der Waals surface area (Å²) in [6.07, 6.45) is 4.71. The number of rotatable bonds is 3. The van der Waals surface area contributed by atoms with Crippen LogP contribution in [-0.4, -0.2) is 15.8 Å².